The van der Waals surface area contributed by atoms with Crippen LogP contribution in [-0.2, 0) is 0 Å². The van der Waals surface area contributed by atoms with Crippen molar-refractivity contribution in [3.8, 4) is 5.75 Å². The third-order valence-corrected chi connectivity index (χ3v) is 4.01. The van der Waals surface area contributed by atoms with Crippen LogP contribution in [0.15, 0.2) is 12.1 Å². The van der Waals surface area contributed by atoms with Crippen LogP contribution in [0.3, 0.4) is 0 Å². The maximum absolute atomic E-state index is 11.2. The monoisotopic (exact) mass is 318 g/mol. The maximum atomic E-state index is 11.2. The molecule has 0 radical (unpaired) electrons. The van der Waals surface area contributed by atoms with Crippen LogP contribution in [-0.4, -0.2) is 28.4 Å². The summed E-state index contributed by atoms with van der Waals surface area (Å²) in [5.74, 6) is -1.11. The molecular weight excluding hydrogens is 303 g/mol. The van der Waals surface area contributed by atoms with Gasteiger partial charge in [0.25, 0.3) is 0 Å². The highest BCUT2D eigenvalue weighted by Gasteiger charge is 2.31. The van der Waals surface area contributed by atoms with E-state index in [1.54, 1.807) is 0 Å². The quantitative estimate of drug-likeness (QED) is 0.886. The lowest BCUT2D eigenvalue weighted by atomic mass is 9.85. The van der Waals surface area contributed by atoms with Gasteiger partial charge in [-0.2, -0.15) is 0 Å². The lowest BCUT2D eigenvalue weighted by molar-refractivity contribution is -0.0341. The fourth-order valence-corrected chi connectivity index (χ4v) is 2.97. The van der Waals surface area contributed by atoms with Crippen LogP contribution < -0.4 is 4.74 Å². The Morgan fingerprint density at radius 2 is 1.90 bits per heavy atom. The highest BCUT2D eigenvalue weighted by Crippen LogP contribution is 2.35. The van der Waals surface area contributed by atoms with Gasteiger partial charge >= 0.3 is 5.97 Å². The van der Waals surface area contributed by atoms with Crippen LogP contribution in [0.5, 0.6) is 5.75 Å². The Balaban J connectivity index is 2.18. The Morgan fingerprint density at radius 1 is 1.25 bits per heavy atom. The van der Waals surface area contributed by atoms with Crippen LogP contribution in [0.25, 0.3) is 0 Å². The number of carboxylic acids is 1. The first-order chi connectivity index (χ1) is 9.41. The molecule has 1 aromatic rings. The zero-order chi connectivity index (χ0) is 14.8. The topological polar surface area (TPSA) is 66.8 Å². The fraction of sp³-hybridized carbons (Fsp3) is 0.500. The summed E-state index contributed by atoms with van der Waals surface area (Å²) < 4.78 is 5.51. The number of rotatable bonds is 4. The molecule has 0 saturated heterocycles. The molecule has 0 amide bonds. The molecule has 0 unspecified atom stereocenters. The van der Waals surface area contributed by atoms with E-state index in [4.69, 9.17) is 33.0 Å². The number of benzene rings is 1. The number of carboxylic acid groups (broad SMARTS) is 1. The van der Waals surface area contributed by atoms with Crippen molar-refractivity contribution >= 4 is 29.2 Å². The van der Waals surface area contributed by atoms with Crippen LogP contribution >= 0.6 is 23.2 Å². The van der Waals surface area contributed by atoms with E-state index in [0.29, 0.717) is 12.8 Å². The third-order valence-electron chi connectivity index (χ3n) is 3.51. The van der Waals surface area contributed by atoms with E-state index in [1.807, 2.05) is 0 Å². The first kappa shape index (κ1) is 15.4. The molecule has 20 heavy (non-hydrogen) atoms. The van der Waals surface area contributed by atoms with E-state index < -0.39 is 11.6 Å². The van der Waals surface area contributed by atoms with E-state index in [0.717, 1.165) is 19.3 Å². The molecule has 0 aliphatic heterocycles. The predicted octanol–water partition coefficient (Wildman–Crippen LogP) is 3.77. The second-order valence-electron chi connectivity index (χ2n) is 5.14. The zero-order valence-corrected chi connectivity index (χ0v) is 12.4. The summed E-state index contributed by atoms with van der Waals surface area (Å²) >= 11 is 11.8. The molecule has 1 aliphatic carbocycles. The average molecular weight is 319 g/mol. The molecule has 2 N–H and O–H groups in total. The SMILES string of the molecule is O=C(O)c1cc(Cl)cc(Cl)c1OCC1(O)CCCCC1. The van der Waals surface area contributed by atoms with Crippen molar-refractivity contribution in [1.82, 2.24) is 0 Å². The normalized spacial score (nSPS) is 17.8. The maximum Gasteiger partial charge on any atom is 0.339 e. The number of aromatic carboxylic acids is 1. The summed E-state index contributed by atoms with van der Waals surface area (Å²) in [6.07, 6.45) is 4.30. The first-order valence-electron chi connectivity index (χ1n) is 6.49. The van der Waals surface area contributed by atoms with E-state index in [1.165, 1.54) is 12.1 Å². The zero-order valence-electron chi connectivity index (χ0n) is 10.9. The van der Waals surface area contributed by atoms with E-state index in [2.05, 4.69) is 0 Å². The van der Waals surface area contributed by atoms with Gasteiger partial charge in [0.15, 0.2) is 5.75 Å². The van der Waals surface area contributed by atoms with Crippen molar-refractivity contribution in [2.75, 3.05) is 6.61 Å². The minimum atomic E-state index is -1.17. The van der Waals surface area contributed by atoms with Crippen LogP contribution in [0.1, 0.15) is 42.5 Å². The number of carbonyl (C=O) groups is 1. The molecule has 0 spiro atoms. The van der Waals surface area contributed by atoms with Crippen molar-refractivity contribution in [1.29, 1.82) is 0 Å². The number of halogens is 2. The summed E-state index contributed by atoms with van der Waals surface area (Å²) in [6, 6.07) is 2.71. The van der Waals surface area contributed by atoms with Gasteiger partial charge in [0, 0.05) is 5.02 Å². The molecule has 0 atom stereocenters. The highest BCUT2D eigenvalue weighted by atomic mass is 35.5. The molecule has 0 aromatic heterocycles. The molecule has 4 nitrogen and oxygen atoms in total. The highest BCUT2D eigenvalue weighted by molar-refractivity contribution is 6.36. The summed E-state index contributed by atoms with van der Waals surface area (Å²) in [5.41, 5.74) is -1.00. The van der Waals surface area contributed by atoms with Crippen LogP contribution in [0.2, 0.25) is 10.0 Å². The summed E-state index contributed by atoms with van der Waals surface area (Å²) in [6.45, 7) is 0.0363. The second-order valence-corrected chi connectivity index (χ2v) is 5.99. The minimum Gasteiger partial charge on any atom is -0.488 e. The Labute approximate surface area is 127 Å². The molecule has 0 bridgehead atoms. The van der Waals surface area contributed by atoms with E-state index in [9.17, 15) is 9.90 Å². The number of aliphatic hydroxyl groups is 1. The number of hydrogen-bond acceptors (Lipinski definition) is 3. The van der Waals surface area contributed by atoms with Crippen molar-refractivity contribution in [2.24, 2.45) is 0 Å². The van der Waals surface area contributed by atoms with Crippen molar-refractivity contribution < 1.29 is 19.7 Å². The Bertz CT molecular complexity index is 510. The van der Waals surface area contributed by atoms with Crippen molar-refractivity contribution in [3.05, 3.63) is 27.7 Å². The fourth-order valence-electron chi connectivity index (χ4n) is 2.43. The van der Waals surface area contributed by atoms with Gasteiger partial charge in [-0.3, -0.25) is 0 Å². The smallest absolute Gasteiger partial charge is 0.339 e. The van der Waals surface area contributed by atoms with Gasteiger partial charge in [-0.05, 0) is 25.0 Å². The molecule has 110 valence electrons. The largest absolute Gasteiger partial charge is 0.488 e. The molecule has 0 heterocycles. The lowest BCUT2D eigenvalue weighted by Gasteiger charge is -2.32. The molecule has 1 fully saturated rings. The van der Waals surface area contributed by atoms with Gasteiger partial charge in [-0.1, -0.05) is 42.5 Å². The Kier molecular flexibility index (Phi) is 4.78. The van der Waals surface area contributed by atoms with Gasteiger partial charge < -0.3 is 14.9 Å². The van der Waals surface area contributed by atoms with Gasteiger partial charge in [0.05, 0.1) is 10.6 Å². The molecule has 1 saturated carbocycles. The van der Waals surface area contributed by atoms with Crippen molar-refractivity contribution in [2.45, 2.75) is 37.7 Å². The first-order valence-corrected chi connectivity index (χ1v) is 7.24. The van der Waals surface area contributed by atoms with Crippen LogP contribution in [0, 0.1) is 0 Å². The molecular formula is C14H16Cl2O4. The van der Waals surface area contributed by atoms with E-state index >= 15 is 0 Å². The standard InChI is InChI=1S/C14H16Cl2O4/c15-9-6-10(13(17)18)12(11(16)7-9)20-8-14(19)4-2-1-3-5-14/h6-7,19H,1-5,8H2,(H,17,18). The summed E-state index contributed by atoms with van der Waals surface area (Å²) in [4.78, 5) is 11.2. The Morgan fingerprint density at radius 3 is 2.50 bits per heavy atom. The van der Waals surface area contributed by atoms with Gasteiger partial charge in [0.1, 0.15) is 12.2 Å². The number of hydrogen-bond donors (Lipinski definition) is 2. The van der Waals surface area contributed by atoms with Gasteiger partial charge in [-0.15, -0.1) is 0 Å². The second kappa shape index (κ2) is 6.20. The average Bonchev–Trinajstić information content (AvgIpc) is 2.37. The van der Waals surface area contributed by atoms with Crippen molar-refractivity contribution in [3.63, 3.8) is 0 Å². The Hall–Kier alpha value is -0.970. The van der Waals surface area contributed by atoms with Gasteiger partial charge in [-0.25, -0.2) is 4.79 Å². The molecule has 6 heteroatoms. The lowest BCUT2D eigenvalue weighted by Crippen LogP contribution is -2.38. The summed E-state index contributed by atoms with van der Waals surface area (Å²) in [5, 5.41) is 19.9. The van der Waals surface area contributed by atoms with E-state index in [-0.39, 0.29) is 28.0 Å². The molecule has 1 aliphatic rings. The summed E-state index contributed by atoms with van der Waals surface area (Å²) in [7, 11) is 0. The minimum absolute atomic E-state index is 0.0363. The van der Waals surface area contributed by atoms with Gasteiger partial charge in [0.2, 0.25) is 0 Å². The molecule has 1 aromatic carbocycles. The third kappa shape index (κ3) is 3.57. The number of ether oxygens (including phenoxy) is 1. The predicted molar refractivity (Wildman–Crippen MR) is 77.0 cm³/mol. The molecule has 2 rings (SSSR count). The van der Waals surface area contributed by atoms with Crippen LogP contribution in [0.4, 0.5) is 0 Å².